The molecule has 6 nitrogen and oxygen atoms in total. The van der Waals surface area contributed by atoms with E-state index in [0.717, 1.165) is 55.0 Å². The molecule has 1 N–H and O–H groups in total. The molecule has 0 aliphatic carbocycles. The van der Waals surface area contributed by atoms with Crippen LogP contribution in [0.2, 0.25) is 0 Å². The molecule has 0 saturated heterocycles. The molecule has 220 valence electrons. The summed E-state index contributed by atoms with van der Waals surface area (Å²) >= 11 is 0. The third kappa shape index (κ3) is 4.16. The van der Waals surface area contributed by atoms with E-state index in [-0.39, 0.29) is 11.2 Å². The third-order valence-electron chi connectivity index (χ3n) is 9.00. The Morgan fingerprint density at radius 3 is 2.33 bits per heavy atom. The average molecular weight is 590 g/mol. The zero-order valence-electron chi connectivity index (χ0n) is 26.0. The Labute approximate surface area is 261 Å². The fourth-order valence-electron chi connectivity index (χ4n) is 6.72. The number of para-hydroxylation sites is 1. The van der Waals surface area contributed by atoms with Crippen LogP contribution in [0.3, 0.4) is 0 Å². The van der Waals surface area contributed by atoms with Crippen molar-refractivity contribution in [1.29, 1.82) is 0 Å². The van der Waals surface area contributed by atoms with Crippen LogP contribution in [0.1, 0.15) is 45.9 Å². The summed E-state index contributed by atoms with van der Waals surface area (Å²) in [6.45, 7) is 10.9. The molecule has 7 aromatic rings. The number of phenols is 1. The third-order valence-corrected chi connectivity index (χ3v) is 9.00. The highest BCUT2D eigenvalue weighted by atomic mass is 16.5. The molecule has 4 aromatic carbocycles. The highest BCUT2D eigenvalue weighted by Gasteiger charge is 2.44. The van der Waals surface area contributed by atoms with E-state index in [9.17, 15) is 5.11 Å². The summed E-state index contributed by atoms with van der Waals surface area (Å²) in [6.07, 6.45) is 3.70. The molecule has 0 unspecified atom stereocenters. The largest absolute Gasteiger partial charge is 0.507 e. The first-order chi connectivity index (χ1) is 21.6. The van der Waals surface area contributed by atoms with E-state index in [0.29, 0.717) is 23.0 Å². The van der Waals surface area contributed by atoms with Gasteiger partial charge in [-0.15, -0.1) is 0 Å². The molecule has 3 aromatic heterocycles. The molecule has 6 heteroatoms. The summed E-state index contributed by atoms with van der Waals surface area (Å²) in [6, 6.07) is 30.5. The van der Waals surface area contributed by atoms with Crippen LogP contribution in [0.5, 0.6) is 17.4 Å². The first-order valence-electron chi connectivity index (χ1n) is 15.3. The van der Waals surface area contributed by atoms with Crippen molar-refractivity contribution in [2.75, 3.05) is 0 Å². The molecular formula is C39H33N4O2+. The van der Waals surface area contributed by atoms with Crippen LogP contribution in [-0.2, 0) is 11.0 Å². The normalized spacial score (nSPS) is 13.7. The van der Waals surface area contributed by atoms with Gasteiger partial charge in [-0.1, -0.05) is 63.2 Å². The number of hydrogen-bond donors (Lipinski definition) is 1. The van der Waals surface area contributed by atoms with Gasteiger partial charge in [0.1, 0.15) is 33.5 Å². The number of hydrogen-bond acceptors (Lipinski definition) is 5. The number of pyridine rings is 2. The topological polar surface area (TPSA) is 72.0 Å². The first-order valence-corrected chi connectivity index (χ1v) is 15.3. The highest BCUT2D eigenvalue weighted by molar-refractivity contribution is 6.01. The van der Waals surface area contributed by atoms with Gasteiger partial charge in [0.2, 0.25) is 0 Å². The van der Waals surface area contributed by atoms with Gasteiger partial charge in [0.25, 0.3) is 0 Å². The SMILES string of the molecule is CC(C)(C)c1cc(Oc2nc3[n+](c4ccccc24)C(C)(C)c2nccc4ccc(O)c-3c24)cc(-c2nccc3ccccc23)c1. The maximum atomic E-state index is 11.3. The number of aromatic hydroxyl groups is 1. The molecule has 0 saturated carbocycles. The lowest BCUT2D eigenvalue weighted by Gasteiger charge is -2.31. The van der Waals surface area contributed by atoms with E-state index in [2.05, 4.69) is 75.6 Å². The average Bonchev–Trinajstić information content (AvgIpc) is 3.03. The number of fused-ring (bicyclic) bond motifs is 5. The molecule has 0 radical (unpaired) electrons. The Hall–Kier alpha value is -5.36. The molecule has 1 aliphatic heterocycles. The monoisotopic (exact) mass is 589 g/mol. The van der Waals surface area contributed by atoms with Gasteiger partial charge < -0.3 is 9.84 Å². The number of aromatic nitrogens is 4. The fourth-order valence-corrected chi connectivity index (χ4v) is 6.72. The summed E-state index contributed by atoms with van der Waals surface area (Å²) < 4.78 is 8.99. The predicted octanol–water partition coefficient (Wildman–Crippen LogP) is 8.84. The lowest BCUT2D eigenvalue weighted by atomic mass is 9.85. The Morgan fingerprint density at radius 2 is 1.51 bits per heavy atom. The van der Waals surface area contributed by atoms with Crippen molar-refractivity contribution in [2.24, 2.45) is 0 Å². The van der Waals surface area contributed by atoms with Crippen molar-refractivity contribution < 1.29 is 14.4 Å². The lowest BCUT2D eigenvalue weighted by molar-refractivity contribution is -0.717. The molecule has 0 spiro atoms. The maximum absolute atomic E-state index is 11.3. The Kier molecular flexibility index (Phi) is 5.79. The molecule has 1 aliphatic rings. The molecule has 0 bridgehead atoms. The van der Waals surface area contributed by atoms with Gasteiger partial charge in [-0.2, -0.15) is 0 Å². The second-order valence-electron chi connectivity index (χ2n) is 13.3. The summed E-state index contributed by atoms with van der Waals surface area (Å²) in [5, 5.41) is 16.3. The number of ether oxygens (including phenoxy) is 1. The summed E-state index contributed by atoms with van der Waals surface area (Å²) in [5.41, 5.74) is 4.84. The molecule has 45 heavy (non-hydrogen) atoms. The Balaban J connectivity index is 1.38. The van der Waals surface area contributed by atoms with Gasteiger partial charge >= 0.3 is 11.7 Å². The van der Waals surface area contributed by atoms with Crippen molar-refractivity contribution in [3.05, 3.63) is 115 Å². The predicted molar refractivity (Wildman–Crippen MR) is 179 cm³/mol. The smallest absolute Gasteiger partial charge is 0.345 e. The highest BCUT2D eigenvalue weighted by Crippen LogP contribution is 2.45. The van der Waals surface area contributed by atoms with Gasteiger partial charge in [-0.25, -0.2) is 4.57 Å². The molecule has 4 heterocycles. The quantitative estimate of drug-likeness (QED) is 0.209. The Bertz CT molecular complexity index is 2330. The Morgan fingerprint density at radius 1 is 0.778 bits per heavy atom. The van der Waals surface area contributed by atoms with Gasteiger partial charge in [-0.05, 0) is 89.1 Å². The van der Waals surface area contributed by atoms with E-state index in [4.69, 9.17) is 19.7 Å². The minimum atomic E-state index is -0.542. The minimum Gasteiger partial charge on any atom is -0.507 e. The summed E-state index contributed by atoms with van der Waals surface area (Å²) in [7, 11) is 0. The van der Waals surface area contributed by atoms with Gasteiger partial charge in [0, 0.05) is 28.7 Å². The fraction of sp³-hybridized carbons (Fsp3) is 0.179. The van der Waals surface area contributed by atoms with Crippen LogP contribution in [0, 0.1) is 0 Å². The van der Waals surface area contributed by atoms with Crippen molar-refractivity contribution >= 4 is 32.4 Å². The molecule has 0 fully saturated rings. The van der Waals surface area contributed by atoms with Crippen LogP contribution in [-0.4, -0.2) is 20.1 Å². The van der Waals surface area contributed by atoms with Crippen LogP contribution >= 0.6 is 0 Å². The van der Waals surface area contributed by atoms with Crippen LogP contribution < -0.4 is 9.30 Å². The van der Waals surface area contributed by atoms with Crippen molar-refractivity contribution in [1.82, 2.24) is 15.0 Å². The molecule has 8 rings (SSSR count). The molecule has 0 atom stereocenters. The zero-order valence-corrected chi connectivity index (χ0v) is 26.0. The molecule has 0 amide bonds. The molecular weight excluding hydrogens is 556 g/mol. The number of benzene rings is 4. The van der Waals surface area contributed by atoms with E-state index in [1.807, 2.05) is 60.9 Å². The maximum Gasteiger partial charge on any atom is 0.345 e. The summed E-state index contributed by atoms with van der Waals surface area (Å²) in [4.78, 5) is 14.8. The summed E-state index contributed by atoms with van der Waals surface area (Å²) in [5.74, 6) is 1.95. The van der Waals surface area contributed by atoms with E-state index >= 15 is 0 Å². The van der Waals surface area contributed by atoms with Crippen LogP contribution in [0.15, 0.2) is 103 Å². The van der Waals surface area contributed by atoms with E-state index < -0.39 is 5.54 Å². The van der Waals surface area contributed by atoms with Crippen molar-refractivity contribution in [3.63, 3.8) is 0 Å². The zero-order chi connectivity index (χ0) is 31.1. The van der Waals surface area contributed by atoms with E-state index in [1.54, 1.807) is 6.07 Å². The number of nitrogens with zero attached hydrogens (tertiary/aromatic N) is 4. The number of phenolic OH excluding ortho intramolecular Hbond substituents is 1. The van der Waals surface area contributed by atoms with Gasteiger partial charge in [0.05, 0.1) is 11.4 Å². The second-order valence-corrected chi connectivity index (χ2v) is 13.3. The van der Waals surface area contributed by atoms with Crippen molar-refractivity contribution in [2.45, 2.75) is 45.6 Å². The van der Waals surface area contributed by atoms with E-state index in [1.165, 1.54) is 0 Å². The van der Waals surface area contributed by atoms with Crippen molar-refractivity contribution in [3.8, 4) is 40.0 Å². The minimum absolute atomic E-state index is 0.137. The van der Waals surface area contributed by atoms with Gasteiger partial charge in [-0.3, -0.25) is 9.97 Å². The lowest BCUT2D eigenvalue weighted by Crippen LogP contribution is -2.57. The van der Waals surface area contributed by atoms with Gasteiger partial charge in [0.15, 0.2) is 0 Å². The van der Waals surface area contributed by atoms with Crippen LogP contribution in [0.25, 0.3) is 55.1 Å². The standard InChI is InChI=1S/C39H32N4O2/c1-38(2,3)26-20-25(34-28-11-7-6-10-23(28)16-18-40-34)21-27(22-26)45-37-29-12-8-9-13-30(29)43-36(42-37)33-31(44)15-14-24-17-19-41-35(32(24)33)39(43,4)5/h6-22H,1-5H3/p+1. The first kappa shape index (κ1) is 27.2. The second kappa shape index (κ2) is 9.57. The number of rotatable bonds is 3. The van der Waals surface area contributed by atoms with Crippen LogP contribution in [0.4, 0.5) is 0 Å².